The van der Waals surface area contributed by atoms with Crippen LogP contribution in [-0.2, 0) is 10.0 Å². The summed E-state index contributed by atoms with van der Waals surface area (Å²) in [4.78, 5) is 0. The largest absolute Gasteiger partial charge is 0.314 e. The maximum absolute atomic E-state index is 11.6. The zero-order valence-corrected chi connectivity index (χ0v) is 9.97. The molecule has 0 aromatic carbocycles. The summed E-state index contributed by atoms with van der Waals surface area (Å²) in [6.07, 6.45) is 1.57. The maximum Gasteiger partial charge on any atom is 0.227 e. The van der Waals surface area contributed by atoms with E-state index >= 15 is 0 Å². The second kappa shape index (κ2) is 4.47. The standard InChI is InChI=1S/C9H17N3O2S/c1-9(11-2)3-6-12(7-4-9)15(13,14)8-5-10/h11H,3-4,6-8H2,1-2H3. The molecule has 5 nitrogen and oxygen atoms in total. The third-order valence-corrected chi connectivity index (χ3v) is 4.72. The van der Waals surface area contributed by atoms with Gasteiger partial charge < -0.3 is 5.32 Å². The first kappa shape index (κ1) is 12.4. The van der Waals surface area contributed by atoms with Crippen molar-refractivity contribution in [1.82, 2.24) is 9.62 Å². The maximum atomic E-state index is 11.6. The minimum absolute atomic E-state index is 0.0265. The van der Waals surface area contributed by atoms with Crippen molar-refractivity contribution in [2.24, 2.45) is 0 Å². The van der Waals surface area contributed by atoms with Gasteiger partial charge in [-0.05, 0) is 26.8 Å². The first-order valence-electron chi connectivity index (χ1n) is 4.97. The van der Waals surface area contributed by atoms with Crippen LogP contribution in [0, 0.1) is 11.3 Å². The van der Waals surface area contributed by atoms with Gasteiger partial charge in [-0.25, -0.2) is 12.7 Å². The van der Waals surface area contributed by atoms with Crippen LogP contribution in [0.1, 0.15) is 19.8 Å². The van der Waals surface area contributed by atoms with Crippen molar-refractivity contribution in [1.29, 1.82) is 5.26 Å². The van der Waals surface area contributed by atoms with E-state index in [4.69, 9.17) is 5.26 Å². The van der Waals surface area contributed by atoms with Crippen LogP contribution < -0.4 is 5.32 Å². The highest BCUT2D eigenvalue weighted by Gasteiger charge is 2.33. The minimum Gasteiger partial charge on any atom is -0.314 e. The summed E-state index contributed by atoms with van der Waals surface area (Å²) in [5.41, 5.74) is 0.0265. The van der Waals surface area contributed by atoms with E-state index in [1.54, 1.807) is 6.07 Å². The fourth-order valence-corrected chi connectivity index (χ4v) is 2.77. The van der Waals surface area contributed by atoms with Gasteiger partial charge in [0.2, 0.25) is 10.0 Å². The van der Waals surface area contributed by atoms with E-state index in [9.17, 15) is 8.42 Å². The van der Waals surface area contributed by atoms with Crippen molar-refractivity contribution >= 4 is 10.0 Å². The number of nitrogens with one attached hydrogen (secondary N) is 1. The summed E-state index contributed by atoms with van der Waals surface area (Å²) in [5, 5.41) is 11.6. The van der Waals surface area contributed by atoms with E-state index in [0.717, 1.165) is 12.8 Å². The zero-order chi connectivity index (χ0) is 11.5. The van der Waals surface area contributed by atoms with Gasteiger partial charge in [0.05, 0.1) is 6.07 Å². The summed E-state index contributed by atoms with van der Waals surface area (Å²) < 4.78 is 24.5. The lowest BCUT2D eigenvalue weighted by molar-refractivity contribution is 0.220. The summed E-state index contributed by atoms with van der Waals surface area (Å²) in [5.74, 6) is -0.413. The van der Waals surface area contributed by atoms with E-state index in [1.807, 2.05) is 7.05 Å². The van der Waals surface area contributed by atoms with Crippen LogP contribution in [0.5, 0.6) is 0 Å². The first-order chi connectivity index (χ1) is 6.93. The Balaban J connectivity index is 2.63. The van der Waals surface area contributed by atoms with Gasteiger partial charge in [-0.2, -0.15) is 5.26 Å². The SMILES string of the molecule is CNC1(C)CCN(S(=O)(=O)CC#N)CC1. The molecule has 0 saturated carbocycles. The molecule has 6 heteroatoms. The Bertz CT molecular complexity index is 350. The van der Waals surface area contributed by atoms with Crippen LogP contribution in [0.15, 0.2) is 0 Å². The molecule has 86 valence electrons. The predicted octanol–water partition coefficient (Wildman–Crippen LogP) is -0.0863. The molecular weight excluding hydrogens is 214 g/mol. The molecule has 1 rings (SSSR count). The summed E-state index contributed by atoms with van der Waals surface area (Å²) in [6.45, 7) is 3.09. The van der Waals surface area contributed by atoms with Crippen molar-refractivity contribution in [3.05, 3.63) is 0 Å². The number of sulfonamides is 1. The molecule has 0 atom stereocenters. The smallest absolute Gasteiger partial charge is 0.227 e. The number of hydrogen-bond acceptors (Lipinski definition) is 4. The molecular formula is C9H17N3O2S. The van der Waals surface area contributed by atoms with Crippen LogP contribution >= 0.6 is 0 Å². The van der Waals surface area contributed by atoms with Crippen LogP contribution in [0.25, 0.3) is 0 Å². The van der Waals surface area contributed by atoms with Crippen molar-refractivity contribution in [3.8, 4) is 6.07 Å². The molecule has 1 saturated heterocycles. The fraction of sp³-hybridized carbons (Fsp3) is 0.889. The predicted molar refractivity (Wildman–Crippen MR) is 57.7 cm³/mol. The molecule has 0 amide bonds. The van der Waals surface area contributed by atoms with Crippen LogP contribution in [0.4, 0.5) is 0 Å². The van der Waals surface area contributed by atoms with E-state index in [1.165, 1.54) is 4.31 Å². The average Bonchev–Trinajstić information content (AvgIpc) is 2.18. The Hall–Kier alpha value is -0.640. The van der Waals surface area contributed by atoms with Gasteiger partial charge in [0.15, 0.2) is 5.75 Å². The highest BCUT2D eigenvalue weighted by atomic mass is 32.2. The van der Waals surface area contributed by atoms with Gasteiger partial charge in [-0.1, -0.05) is 0 Å². The summed E-state index contributed by atoms with van der Waals surface area (Å²) in [7, 11) is -1.46. The molecule has 1 fully saturated rings. The lowest BCUT2D eigenvalue weighted by atomic mass is 9.91. The Labute approximate surface area is 91.1 Å². The van der Waals surface area contributed by atoms with Gasteiger partial charge in [-0.15, -0.1) is 0 Å². The van der Waals surface area contributed by atoms with Crippen LogP contribution in [0.2, 0.25) is 0 Å². The molecule has 0 aromatic rings. The number of nitriles is 1. The van der Waals surface area contributed by atoms with Gasteiger partial charge in [-0.3, -0.25) is 0 Å². The van der Waals surface area contributed by atoms with Crippen LogP contribution in [0.3, 0.4) is 0 Å². The molecule has 1 heterocycles. The fourth-order valence-electron chi connectivity index (χ4n) is 1.68. The Morgan fingerprint density at radius 1 is 1.47 bits per heavy atom. The third-order valence-electron chi connectivity index (χ3n) is 3.07. The van der Waals surface area contributed by atoms with Crippen molar-refractivity contribution in [3.63, 3.8) is 0 Å². The number of nitrogens with zero attached hydrogens (tertiary/aromatic N) is 2. The number of piperidine rings is 1. The molecule has 0 unspecified atom stereocenters. The van der Waals surface area contributed by atoms with Gasteiger partial charge in [0.1, 0.15) is 0 Å². The Morgan fingerprint density at radius 2 is 2.00 bits per heavy atom. The third kappa shape index (κ3) is 2.91. The number of hydrogen-bond donors (Lipinski definition) is 1. The lowest BCUT2D eigenvalue weighted by Crippen LogP contribution is -2.51. The van der Waals surface area contributed by atoms with E-state index < -0.39 is 15.8 Å². The molecule has 1 aliphatic heterocycles. The molecule has 1 N–H and O–H groups in total. The number of rotatable bonds is 3. The molecule has 1 aliphatic rings. The zero-order valence-electron chi connectivity index (χ0n) is 9.15. The van der Waals surface area contributed by atoms with E-state index in [0.29, 0.717) is 13.1 Å². The first-order valence-corrected chi connectivity index (χ1v) is 6.58. The topological polar surface area (TPSA) is 73.2 Å². The summed E-state index contributed by atoms with van der Waals surface area (Å²) in [6, 6.07) is 1.69. The average molecular weight is 231 g/mol. The van der Waals surface area contributed by atoms with Crippen molar-refractivity contribution < 1.29 is 8.42 Å². The molecule has 0 aliphatic carbocycles. The second-order valence-electron chi connectivity index (χ2n) is 4.12. The quantitative estimate of drug-likeness (QED) is 0.737. The molecule has 0 spiro atoms. The summed E-state index contributed by atoms with van der Waals surface area (Å²) >= 11 is 0. The second-order valence-corrected chi connectivity index (χ2v) is 6.09. The van der Waals surface area contributed by atoms with Gasteiger partial charge >= 0.3 is 0 Å². The van der Waals surface area contributed by atoms with E-state index in [2.05, 4.69) is 12.2 Å². The molecule has 0 aromatic heterocycles. The van der Waals surface area contributed by atoms with Crippen molar-refractivity contribution in [2.75, 3.05) is 25.9 Å². The monoisotopic (exact) mass is 231 g/mol. The molecule has 0 bridgehead atoms. The van der Waals surface area contributed by atoms with E-state index in [-0.39, 0.29) is 5.54 Å². The highest BCUT2D eigenvalue weighted by molar-refractivity contribution is 7.89. The Kier molecular flexibility index (Phi) is 3.71. The lowest BCUT2D eigenvalue weighted by Gasteiger charge is -2.38. The van der Waals surface area contributed by atoms with Crippen LogP contribution in [-0.4, -0.2) is 44.2 Å². The minimum atomic E-state index is -3.35. The molecule has 0 radical (unpaired) electrons. The van der Waals surface area contributed by atoms with Crippen molar-refractivity contribution in [2.45, 2.75) is 25.3 Å². The molecule has 15 heavy (non-hydrogen) atoms. The van der Waals surface area contributed by atoms with Gasteiger partial charge in [0.25, 0.3) is 0 Å². The van der Waals surface area contributed by atoms with Gasteiger partial charge in [0, 0.05) is 18.6 Å². The highest BCUT2D eigenvalue weighted by Crippen LogP contribution is 2.22. The normalized spacial score (nSPS) is 22.2. The Morgan fingerprint density at radius 3 is 2.40 bits per heavy atom.